The van der Waals surface area contributed by atoms with Gasteiger partial charge < -0.3 is 10.2 Å². The van der Waals surface area contributed by atoms with Crippen LogP contribution in [0.4, 0.5) is 0 Å². The number of carbonyl (C=O) groups is 1. The van der Waals surface area contributed by atoms with E-state index in [9.17, 15) is 9.90 Å². The molecule has 1 aliphatic carbocycles. The molecule has 0 heterocycles. The second-order valence-corrected chi connectivity index (χ2v) is 3.65. The Kier molecular flexibility index (Phi) is 2.15. The second kappa shape index (κ2) is 3.33. The van der Waals surface area contributed by atoms with Gasteiger partial charge in [-0.25, -0.2) is 0 Å². The zero-order valence-corrected chi connectivity index (χ0v) is 7.73. The molecule has 1 aromatic carbocycles. The average molecular weight is 192 g/mol. The Morgan fingerprint density at radius 1 is 1.29 bits per heavy atom. The fraction of sp³-hybridized carbons (Fsp3) is 0.364. The molecule has 1 fully saturated rings. The van der Waals surface area contributed by atoms with E-state index in [1.807, 2.05) is 0 Å². The van der Waals surface area contributed by atoms with E-state index in [4.69, 9.17) is 5.11 Å². The maximum absolute atomic E-state index is 11.4. The van der Waals surface area contributed by atoms with Gasteiger partial charge in [-0.3, -0.25) is 4.79 Å². The van der Waals surface area contributed by atoms with Crippen molar-refractivity contribution in [1.82, 2.24) is 0 Å². The molecular formula is C11H12O3. The molecule has 74 valence electrons. The van der Waals surface area contributed by atoms with E-state index >= 15 is 0 Å². The molecule has 3 heteroatoms. The molecule has 1 saturated carbocycles. The van der Waals surface area contributed by atoms with Gasteiger partial charge in [-0.15, -0.1) is 0 Å². The summed E-state index contributed by atoms with van der Waals surface area (Å²) in [6.07, 6.45) is 2.30. The third-order valence-corrected chi connectivity index (χ3v) is 2.69. The van der Waals surface area contributed by atoms with E-state index in [1.165, 1.54) is 12.1 Å². The molecule has 0 aliphatic heterocycles. The van der Waals surface area contributed by atoms with E-state index < -0.39 is 0 Å². The van der Waals surface area contributed by atoms with Crippen LogP contribution in [0.15, 0.2) is 18.2 Å². The van der Waals surface area contributed by atoms with Gasteiger partial charge in [-0.1, -0.05) is 6.07 Å². The number of benzene rings is 1. The molecule has 1 unspecified atom stereocenters. The summed E-state index contributed by atoms with van der Waals surface area (Å²) >= 11 is 0. The van der Waals surface area contributed by atoms with Crippen LogP contribution in [0.1, 0.15) is 30.7 Å². The highest BCUT2D eigenvalue weighted by Crippen LogP contribution is 2.37. The second-order valence-electron chi connectivity index (χ2n) is 3.65. The first-order valence-corrected chi connectivity index (χ1v) is 4.73. The Hall–Kier alpha value is -1.51. The summed E-state index contributed by atoms with van der Waals surface area (Å²) in [4.78, 5) is 11.4. The van der Waals surface area contributed by atoms with Crippen LogP contribution in [0.2, 0.25) is 0 Å². The molecule has 2 rings (SSSR count). The molecule has 0 radical (unpaired) electrons. The fourth-order valence-corrected chi connectivity index (χ4v) is 1.97. The molecule has 2 N–H and O–H groups in total. The van der Waals surface area contributed by atoms with Crippen molar-refractivity contribution < 1.29 is 15.0 Å². The quantitative estimate of drug-likeness (QED) is 0.714. The number of phenolic OH excluding ortho intramolecular Hbond substituents is 2. The van der Waals surface area contributed by atoms with Crippen molar-refractivity contribution in [2.75, 3.05) is 0 Å². The minimum absolute atomic E-state index is 0.0188. The molecule has 0 spiro atoms. The van der Waals surface area contributed by atoms with Crippen molar-refractivity contribution in [1.29, 1.82) is 0 Å². The number of carbonyl (C=O) groups excluding carboxylic acids is 1. The minimum Gasteiger partial charge on any atom is -0.508 e. The monoisotopic (exact) mass is 192 g/mol. The topological polar surface area (TPSA) is 57.5 Å². The lowest BCUT2D eigenvalue weighted by atomic mass is 9.96. The van der Waals surface area contributed by atoms with E-state index in [1.54, 1.807) is 6.07 Å². The first kappa shape index (κ1) is 9.06. The number of hydrogen-bond donors (Lipinski definition) is 2. The van der Waals surface area contributed by atoms with Gasteiger partial charge in [0, 0.05) is 24.0 Å². The van der Waals surface area contributed by atoms with Crippen LogP contribution in [-0.2, 0) is 4.79 Å². The lowest BCUT2D eigenvalue weighted by Gasteiger charge is -2.10. The van der Waals surface area contributed by atoms with Crippen LogP contribution in [0.3, 0.4) is 0 Å². The Morgan fingerprint density at radius 3 is 2.64 bits per heavy atom. The highest BCUT2D eigenvalue weighted by atomic mass is 16.3. The van der Waals surface area contributed by atoms with Gasteiger partial charge in [-0.2, -0.15) is 0 Å². The Balaban J connectivity index is 2.36. The molecule has 3 nitrogen and oxygen atoms in total. The number of phenols is 2. The van der Waals surface area contributed by atoms with Crippen LogP contribution < -0.4 is 0 Å². The van der Waals surface area contributed by atoms with E-state index in [-0.39, 0.29) is 23.2 Å². The van der Waals surface area contributed by atoms with Crippen molar-refractivity contribution >= 4 is 5.78 Å². The maximum Gasteiger partial charge on any atom is 0.140 e. The molecule has 1 aliphatic rings. The molecule has 0 amide bonds. The largest absolute Gasteiger partial charge is 0.508 e. The summed E-state index contributed by atoms with van der Waals surface area (Å²) in [6, 6.07) is 4.40. The number of hydrogen-bond acceptors (Lipinski definition) is 3. The zero-order chi connectivity index (χ0) is 10.1. The predicted molar refractivity (Wildman–Crippen MR) is 51.4 cm³/mol. The van der Waals surface area contributed by atoms with Gasteiger partial charge in [0.2, 0.25) is 0 Å². The first-order valence-electron chi connectivity index (χ1n) is 4.73. The highest BCUT2D eigenvalue weighted by molar-refractivity contribution is 5.88. The summed E-state index contributed by atoms with van der Waals surface area (Å²) in [6.45, 7) is 0. The zero-order valence-electron chi connectivity index (χ0n) is 7.73. The molecule has 0 bridgehead atoms. The SMILES string of the molecule is O=C1CCCC1c1ccc(O)cc1O. The van der Waals surface area contributed by atoms with Gasteiger partial charge >= 0.3 is 0 Å². The summed E-state index contributed by atoms with van der Waals surface area (Å²) in [7, 11) is 0. The van der Waals surface area contributed by atoms with E-state index in [0.29, 0.717) is 12.0 Å². The average Bonchev–Trinajstić information content (AvgIpc) is 2.52. The molecule has 0 aromatic heterocycles. The maximum atomic E-state index is 11.4. The van der Waals surface area contributed by atoms with Crippen molar-refractivity contribution in [3.8, 4) is 11.5 Å². The lowest BCUT2D eigenvalue weighted by Crippen LogP contribution is -2.04. The van der Waals surface area contributed by atoms with Crippen molar-refractivity contribution in [2.45, 2.75) is 25.2 Å². The predicted octanol–water partition coefficient (Wildman–Crippen LogP) is 1.93. The van der Waals surface area contributed by atoms with Gasteiger partial charge in [0.1, 0.15) is 17.3 Å². The standard InChI is InChI=1S/C11H12O3/c12-7-4-5-9(11(14)6-7)8-2-1-3-10(8)13/h4-6,8,12,14H,1-3H2. The lowest BCUT2D eigenvalue weighted by molar-refractivity contribution is -0.118. The van der Waals surface area contributed by atoms with E-state index in [0.717, 1.165) is 12.8 Å². The molecular weight excluding hydrogens is 180 g/mol. The first-order chi connectivity index (χ1) is 6.68. The number of ketones is 1. The van der Waals surface area contributed by atoms with Crippen LogP contribution in [-0.4, -0.2) is 16.0 Å². The number of aromatic hydroxyl groups is 2. The fourth-order valence-electron chi connectivity index (χ4n) is 1.97. The molecule has 1 atom stereocenters. The van der Waals surface area contributed by atoms with Crippen LogP contribution in [0.5, 0.6) is 11.5 Å². The molecule has 14 heavy (non-hydrogen) atoms. The van der Waals surface area contributed by atoms with Crippen LogP contribution in [0.25, 0.3) is 0 Å². The van der Waals surface area contributed by atoms with Crippen molar-refractivity contribution in [2.24, 2.45) is 0 Å². The smallest absolute Gasteiger partial charge is 0.140 e. The van der Waals surface area contributed by atoms with Crippen LogP contribution >= 0.6 is 0 Å². The van der Waals surface area contributed by atoms with Crippen LogP contribution in [0, 0.1) is 0 Å². The van der Waals surface area contributed by atoms with Gasteiger partial charge in [0.25, 0.3) is 0 Å². The Bertz CT molecular complexity index is 371. The normalized spacial score (nSPS) is 21.4. The highest BCUT2D eigenvalue weighted by Gasteiger charge is 2.27. The Labute approximate surface area is 82.0 Å². The summed E-state index contributed by atoms with van der Waals surface area (Å²) in [5, 5.41) is 18.7. The third-order valence-electron chi connectivity index (χ3n) is 2.69. The van der Waals surface area contributed by atoms with Gasteiger partial charge in [0.15, 0.2) is 0 Å². The van der Waals surface area contributed by atoms with E-state index in [2.05, 4.69) is 0 Å². The summed E-state index contributed by atoms with van der Waals surface area (Å²) < 4.78 is 0. The summed E-state index contributed by atoms with van der Waals surface area (Å²) in [5.74, 6) is 0.0588. The summed E-state index contributed by atoms with van der Waals surface area (Å²) in [5.41, 5.74) is 0.644. The molecule has 0 saturated heterocycles. The van der Waals surface area contributed by atoms with Crippen molar-refractivity contribution in [3.05, 3.63) is 23.8 Å². The minimum atomic E-state index is -0.171. The Morgan fingerprint density at radius 2 is 2.07 bits per heavy atom. The van der Waals surface area contributed by atoms with Gasteiger partial charge in [-0.05, 0) is 18.9 Å². The third kappa shape index (κ3) is 1.45. The number of rotatable bonds is 1. The number of Topliss-reactive ketones (excluding diaryl/α,β-unsaturated/α-hetero) is 1. The molecule has 1 aromatic rings. The van der Waals surface area contributed by atoms with Gasteiger partial charge in [0.05, 0.1) is 0 Å². The van der Waals surface area contributed by atoms with Crippen molar-refractivity contribution in [3.63, 3.8) is 0 Å².